The van der Waals surface area contributed by atoms with Gasteiger partial charge in [0.1, 0.15) is 0 Å². The summed E-state index contributed by atoms with van der Waals surface area (Å²) in [6.45, 7) is 7.80. The highest BCUT2D eigenvalue weighted by molar-refractivity contribution is 5.68. The van der Waals surface area contributed by atoms with E-state index in [-0.39, 0.29) is 6.09 Å². The van der Waals surface area contributed by atoms with Gasteiger partial charge in [-0.15, -0.1) is 5.10 Å². The molecule has 0 radical (unpaired) electrons. The highest BCUT2D eigenvalue weighted by atomic mass is 16.6. The van der Waals surface area contributed by atoms with Crippen molar-refractivity contribution < 1.29 is 14.3 Å². The van der Waals surface area contributed by atoms with Crippen LogP contribution in [0.4, 0.5) is 16.6 Å². The topological polar surface area (TPSA) is 83.9 Å². The summed E-state index contributed by atoms with van der Waals surface area (Å²) < 4.78 is 10.4. The molecule has 2 aliphatic rings. The molecule has 3 heterocycles. The predicted octanol–water partition coefficient (Wildman–Crippen LogP) is -0.0133. The number of aromatic nitrogens is 3. The van der Waals surface area contributed by atoms with Crippen molar-refractivity contribution in [1.29, 1.82) is 0 Å². The summed E-state index contributed by atoms with van der Waals surface area (Å²) in [5.74, 6) is 1.43. The molecule has 0 bridgehead atoms. The fourth-order valence-corrected chi connectivity index (χ4v) is 2.67. The van der Waals surface area contributed by atoms with Gasteiger partial charge < -0.3 is 24.2 Å². The summed E-state index contributed by atoms with van der Waals surface area (Å²) in [7, 11) is 0. The Balaban J connectivity index is 1.61. The van der Waals surface area contributed by atoms with Crippen LogP contribution in [0.3, 0.4) is 0 Å². The van der Waals surface area contributed by atoms with Crippen LogP contribution < -0.4 is 9.80 Å². The van der Waals surface area contributed by atoms with E-state index in [1.165, 1.54) is 0 Å². The average molecular weight is 322 g/mol. The summed E-state index contributed by atoms with van der Waals surface area (Å²) >= 11 is 0. The fourth-order valence-electron chi connectivity index (χ4n) is 2.67. The molecular weight excluding hydrogens is 300 g/mol. The molecule has 126 valence electrons. The van der Waals surface area contributed by atoms with Crippen LogP contribution in [0.15, 0.2) is 6.20 Å². The minimum absolute atomic E-state index is 0.248. The van der Waals surface area contributed by atoms with Gasteiger partial charge in [-0.2, -0.15) is 10.1 Å². The molecule has 2 saturated heterocycles. The Morgan fingerprint density at radius 2 is 1.91 bits per heavy atom. The normalized spacial score (nSPS) is 18.9. The van der Waals surface area contributed by atoms with E-state index in [2.05, 4.69) is 25.0 Å². The summed E-state index contributed by atoms with van der Waals surface area (Å²) in [4.78, 5) is 22.3. The first-order chi connectivity index (χ1) is 11.3. The molecule has 3 rings (SSSR count). The second-order valence-corrected chi connectivity index (χ2v) is 5.39. The van der Waals surface area contributed by atoms with Gasteiger partial charge in [-0.3, -0.25) is 0 Å². The first kappa shape index (κ1) is 15.7. The van der Waals surface area contributed by atoms with Gasteiger partial charge in [0, 0.05) is 39.3 Å². The third-order valence-electron chi connectivity index (χ3n) is 3.96. The smallest absolute Gasteiger partial charge is 0.409 e. The number of carbonyl (C=O) groups excluding carboxylic acids is 1. The Morgan fingerprint density at radius 1 is 1.17 bits per heavy atom. The third-order valence-corrected chi connectivity index (χ3v) is 3.96. The molecule has 0 atom stereocenters. The van der Waals surface area contributed by atoms with E-state index in [4.69, 9.17) is 9.47 Å². The Kier molecular flexibility index (Phi) is 5.06. The number of morpholine rings is 1. The predicted molar refractivity (Wildman–Crippen MR) is 83.7 cm³/mol. The van der Waals surface area contributed by atoms with Crippen molar-refractivity contribution in [2.75, 3.05) is 68.9 Å². The third kappa shape index (κ3) is 3.79. The molecule has 0 aromatic carbocycles. The molecule has 2 fully saturated rings. The zero-order valence-corrected chi connectivity index (χ0v) is 13.3. The molecule has 0 unspecified atom stereocenters. The molecule has 0 saturated carbocycles. The number of nitrogens with zero attached hydrogens (tertiary/aromatic N) is 6. The van der Waals surface area contributed by atoms with Gasteiger partial charge in [0.25, 0.3) is 0 Å². The minimum atomic E-state index is -0.248. The van der Waals surface area contributed by atoms with Crippen LogP contribution in [0.25, 0.3) is 0 Å². The molecule has 2 aliphatic heterocycles. The van der Waals surface area contributed by atoms with E-state index in [0.717, 1.165) is 18.9 Å². The fraction of sp³-hybridized carbons (Fsp3) is 0.714. The second-order valence-electron chi connectivity index (χ2n) is 5.39. The van der Waals surface area contributed by atoms with Crippen LogP contribution in [-0.2, 0) is 9.47 Å². The lowest BCUT2D eigenvalue weighted by molar-refractivity contribution is 0.105. The van der Waals surface area contributed by atoms with Crippen LogP contribution in [-0.4, -0.2) is 85.3 Å². The molecule has 1 amide bonds. The average Bonchev–Trinajstić information content (AvgIpc) is 2.63. The van der Waals surface area contributed by atoms with Crippen molar-refractivity contribution in [1.82, 2.24) is 20.1 Å². The van der Waals surface area contributed by atoms with Crippen molar-refractivity contribution in [3.05, 3.63) is 6.20 Å². The molecule has 1 aromatic rings. The van der Waals surface area contributed by atoms with Crippen LogP contribution in [0.2, 0.25) is 0 Å². The van der Waals surface area contributed by atoms with E-state index < -0.39 is 0 Å². The summed E-state index contributed by atoms with van der Waals surface area (Å²) in [6, 6.07) is 0. The van der Waals surface area contributed by atoms with E-state index >= 15 is 0 Å². The molecular formula is C14H22N6O3. The zero-order chi connectivity index (χ0) is 16.1. The Labute approximate surface area is 135 Å². The number of ether oxygens (including phenoxy) is 2. The SMILES string of the molecule is CCOC(=O)N1CCN(c2cnnc(N3CCOCC3)n2)CC1. The maximum Gasteiger partial charge on any atom is 0.409 e. The number of carbonyl (C=O) groups is 1. The molecule has 0 aliphatic carbocycles. The quantitative estimate of drug-likeness (QED) is 0.768. The van der Waals surface area contributed by atoms with Crippen molar-refractivity contribution in [3.63, 3.8) is 0 Å². The zero-order valence-electron chi connectivity index (χ0n) is 13.3. The molecule has 0 spiro atoms. The standard InChI is InChI=1S/C14H22N6O3/c1-2-23-14(21)20-5-3-18(4-6-20)12-11-15-17-13(16-12)19-7-9-22-10-8-19/h11H,2-10H2,1H3. The van der Waals surface area contributed by atoms with E-state index in [0.29, 0.717) is 51.9 Å². The van der Waals surface area contributed by atoms with Gasteiger partial charge in [0.15, 0.2) is 5.82 Å². The lowest BCUT2D eigenvalue weighted by Crippen LogP contribution is -2.49. The number of amides is 1. The Hall–Kier alpha value is -2.16. The first-order valence-electron chi connectivity index (χ1n) is 7.97. The lowest BCUT2D eigenvalue weighted by Gasteiger charge is -2.35. The summed E-state index contributed by atoms with van der Waals surface area (Å²) in [5, 5.41) is 8.20. The van der Waals surface area contributed by atoms with E-state index in [9.17, 15) is 4.79 Å². The molecule has 9 heteroatoms. The summed E-state index contributed by atoms with van der Waals surface area (Å²) in [5.41, 5.74) is 0. The number of piperazine rings is 1. The van der Waals surface area contributed by atoms with Crippen LogP contribution in [0, 0.1) is 0 Å². The number of hydrogen-bond donors (Lipinski definition) is 0. The second kappa shape index (κ2) is 7.40. The van der Waals surface area contributed by atoms with Gasteiger partial charge in [0.05, 0.1) is 26.0 Å². The number of rotatable bonds is 3. The number of hydrogen-bond acceptors (Lipinski definition) is 8. The van der Waals surface area contributed by atoms with Gasteiger partial charge in [-0.1, -0.05) is 0 Å². The molecule has 0 N–H and O–H groups in total. The van der Waals surface area contributed by atoms with Crippen LogP contribution in [0.5, 0.6) is 0 Å². The molecule has 1 aromatic heterocycles. The van der Waals surface area contributed by atoms with Gasteiger partial charge in [-0.25, -0.2) is 4.79 Å². The monoisotopic (exact) mass is 322 g/mol. The lowest BCUT2D eigenvalue weighted by atomic mass is 10.3. The first-order valence-corrected chi connectivity index (χ1v) is 7.97. The maximum absolute atomic E-state index is 11.7. The van der Waals surface area contributed by atoms with Crippen molar-refractivity contribution in [2.45, 2.75) is 6.92 Å². The number of anilines is 2. The largest absolute Gasteiger partial charge is 0.450 e. The van der Waals surface area contributed by atoms with E-state index in [1.807, 2.05) is 6.92 Å². The summed E-state index contributed by atoms with van der Waals surface area (Å²) in [6.07, 6.45) is 1.42. The molecule has 23 heavy (non-hydrogen) atoms. The highest BCUT2D eigenvalue weighted by Crippen LogP contribution is 2.16. The Morgan fingerprint density at radius 3 is 2.61 bits per heavy atom. The van der Waals surface area contributed by atoms with Gasteiger partial charge in [0.2, 0.25) is 5.95 Å². The van der Waals surface area contributed by atoms with Crippen LogP contribution >= 0.6 is 0 Å². The minimum Gasteiger partial charge on any atom is -0.450 e. The van der Waals surface area contributed by atoms with Crippen molar-refractivity contribution in [3.8, 4) is 0 Å². The molecule has 9 nitrogen and oxygen atoms in total. The maximum atomic E-state index is 11.7. The van der Waals surface area contributed by atoms with Crippen molar-refractivity contribution in [2.24, 2.45) is 0 Å². The van der Waals surface area contributed by atoms with Gasteiger partial charge in [-0.05, 0) is 6.92 Å². The van der Waals surface area contributed by atoms with E-state index in [1.54, 1.807) is 11.1 Å². The van der Waals surface area contributed by atoms with Crippen LogP contribution in [0.1, 0.15) is 6.92 Å². The highest BCUT2D eigenvalue weighted by Gasteiger charge is 2.24. The Bertz CT molecular complexity index is 529. The van der Waals surface area contributed by atoms with Gasteiger partial charge >= 0.3 is 6.09 Å². The van der Waals surface area contributed by atoms with Crippen molar-refractivity contribution >= 4 is 17.9 Å².